The van der Waals surface area contributed by atoms with Gasteiger partial charge in [0.15, 0.2) is 0 Å². The van der Waals surface area contributed by atoms with Crippen molar-refractivity contribution in [1.29, 1.82) is 0 Å². The molecule has 1 saturated carbocycles. The third-order valence-electron chi connectivity index (χ3n) is 3.48. The fourth-order valence-electron chi connectivity index (χ4n) is 2.44. The maximum Gasteiger partial charge on any atom is 0.133 e. The molecule has 0 N–H and O–H groups in total. The SMILES string of the molecule is CC(C)CCc1nc(Cl)cc(C2CCCC2)n1. The van der Waals surface area contributed by atoms with Crippen molar-refractivity contribution in [3.05, 3.63) is 22.7 Å². The second-order valence-electron chi connectivity index (χ2n) is 5.45. The summed E-state index contributed by atoms with van der Waals surface area (Å²) in [5.74, 6) is 2.23. The van der Waals surface area contributed by atoms with Crippen LogP contribution in [0.3, 0.4) is 0 Å². The van der Waals surface area contributed by atoms with Gasteiger partial charge in [-0.1, -0.05) is 38.3 Å². The van der Waals surface area contributed by atoms with Crippen LogP contribution in [0.4, 0.5) is 0 Å². The molecule has 2 nitrogen and oxygen atoms in total. The standard InChI is InChI=1S/C14H21ClN2/c1-10(2)7-8-14-16-12(9-13(15)17-14)11-5-3-4-6-11/h9-11H,3-8H2,1-2H3. The summed E-state index contributed by atoms with van der Waals surface area (Å²) in [5.41, 5.74) is 1.17. The Morgan fingerprint density at radius 3 is 2.65 bits per heavy atom. The van der Waals surface area contributed by atoms with Crippen molar-refractivity contribution < 1.29 is 0 Å². The van der Waals surface area contributed by atoms with Crippen molar-refractivity contribution in [1.82, 2.24) is 9.97 Å². The third-order valence-corrected chi connectivity index (χ3v) is 3.67. The quantitative estimate of drug-likeness (QED) is 0.744. The zero-order valence-corrected chi connectivity index (χ0v) is 11.5. The van der Waals surface area contributed by atoms with Crippen molar-refractivity contribution >= 4 is 11.6 Å². The first kappa shape index (κ1) is 12.8. The van der Waals surface area contributed by atoms with Gasteiger partial charge in [0.25, 0.3) is 0 Å². The van der Waals surface area contributed by atoms with Crippen molar-refractivity contribution in [2.45, 2.75) is 58.3 Å². The molecule has 1 aromatic heterocycles. The van der Waals surface area contributed by atoms with E-state index >= 15 is 0 Å². The predicted octanol–water partition coefficient (Wildman–Crippen LogP) is 4.38. The van der Waals surface area contributed by atoms with Gasteiger partial charge < -0.3 is 0 Å². The molecule has 3 heteroatoms. The number of aromatic nitrogens is 2. The molecule has 0 amide bonds. The number of hydrogen-bond acceptors (Lipinski definition) is 2. The Morgan fingerprint density at radius 1 is 1.29 bits per heavy atom. The minimum Gasteiger partial charge on any atom is -0.238 e. The molecule has 17 heavy (non-hydrogen) atoms. The molecule has 1 aliphatic rings. The van der Waals surface area contributed by atoms with Gasteiger partial charge in [0.1, 0.15) is 11.0 Å². The molecule has 94 valence electrons. The Bertz CT molecular complexity index is 370. The van der Waals surface area contributed by atoms with Crippen LogP contribution in [0.1, 0.15) is 63.4 Å². The second-order valence-corrected chi connectivity index (χ2v) is 5.83. The number of rotatable bonds is 4. The van der Waals surface area contributed by atoms with Gasteiger partial charge >= 0.3 is 0 Å². The zero-order valence-electron chi connectivity index (χ0n) is 10.7. The minimum atomic E-state index is 0.612. The Hall–Kier alpha value is -0.630. The summed E-state index contributed by atoms with van der Waals surface area (Å²) in [5, 5.41) is 0.612. The lowest BCUT2D eigenvalue weighted by Gasteiger charge is -2.11. The summed E-state index contributed by atoms with van der Waals surface area (Å²) in [6, 6.07) is 1.95. The maximum absolute atomic E-state index is 6.09. The van der Waals surface area contributed by atoms with E-state index in [0.29, 0.717) is 17.0 Å². The maximum atomic E-state index is 6.09. The molecule has 1 aromatic rings. The topological polar surface area (TPSA) is 25.8 Å². The first-order valence-electron chi connectivity index (χ1n) is 6.68. The number of halogens is 1. The van der Waals surface area contributed by atoms with Gasteiger partial charge in [-0.3, -0.25) is 0 Å². The molecule has 0 aromatic carbocycles. The largest absolute Gasteiger partial charge is 0.238 e. The van der Waals surface area contributed by atoms with Crippen LogP contribution < -0.4 is 0 Å². The first-order valence-corrected chi connectivity index (χ1v) is 7.06. The van der Waals surface area contributed by atoms with E-state index in [-0.39, 0.29) is 0 Å². The van der Waals surface area contributed by atoms with Crippen LogP contribution in [0.25, 0.3) is 0 Å². The number of nitrogens with zero attached hydrogens (tertiary/aromatic N) is 2. The molecule has 1 fully saturated rings. The van der Waals surface area contributed by atoms with Gasteiger partial charge in [-0.25, -0.2) is 9.97 Å². The molecular weight excluding hydrogens is 232 g/mol. The van der Waals surface area contributed by atoms with Gasteiger partial charge in [0, 0.05) is 18.0 Å². The summed E-state index contributed by atoms with van der Waals surface area (Å²) in [6.45, 7) is 4.45. The van der Waals surface area contributed by atoms with Crippen LogP contribution in [-0.2, 0) is 6.42 Å². The van der Waals surface area contributed by atoms with Gasteiger partial charge in [0.05, 0.1) is 0 Å². The Balaban J connectivity index is 2.11. The minimum absolute atomic E-state index is 0.612. The Labute approximate surface area is 109 Å². The fourth-order valence-corrected chi connectivity index (χ4v) is 2.65. The van der Waals surface area contributed by atoms with E-state index in [1.54, 1.807) is 0 Å². The predicted molar refractivity (Wildman–Crippen MR) is 71.4 cm³/mol. The van der Waals surface area contributed by atoms with E-state index in [2.05, 4.69) is 18.8 Å². The van der Waals surface area contributed by atoms with Crippen LogP contribution in [0.15, 0.2) is 6.07 Å². The van der Waals surface area contributed by atoms with Crippen molar-refractivity contribution in [3.8, 4) is 0 Å². The average Bonchev–Trinajstić information content (AvgIpc) is 2.79. The molecule has 0 unspecified atom stereocenters. The molecule has 2 rings (SSSR count). The molecule has 0 aliphatic heterocycles. The highest BCUT2D eigenvalue weighted by atomic mass is 35.5. The van der Waals surface area contributed by atoms with Crippen molar-refractivity contribution in [3.63, 3.8) is 0 Å². The van der Waals surface area contributed by atoms with Crippen molar-refractivity contribution in [2.24, 2.45) is 5.92 Å². The van der Waals surface area contributed by atoms with Gasteiger partial charge in [-0.15, -0.1) is 0 Å². The highest BCUT2D eigenvalue weighted by Crippen LogP contribution is 2.33. The molecule has 0 saturated heterocycles. The molecule has 0 spiro atoms. The summed E-state index contributed by atoms with van der Waals surface area (Å²) in [6.07, 6.45) is 7.25. The third kappa shape index (κ3) is 3.67. The highest BCUT2D eigenvalue weighted by Gasteiger charge is 2.19. The van der Waals surface area contributed by atoms with Crippen LogP contribution in [0, 0.1) is 5.92 Å². The highest BCUT2D eigenvalue weighted by molar-refractivity contribution is 6.29. The molecule has 0 atom stereocenters. The van der Waals surface area contributed by atoms with Gasteiger partial charge in [-0.2, -0.15) is 0 Å². The van der Waals surface area contributed by atoms with E-state index in [1.807, 2.05) is 6.07 Å². The van der Waals surface area contributed by atoms with Crippen LogP contribution in [0.5, 0.6) is 0 Å². The van der Waals surface area contributed by atoms with E-state index < -0.39 is 0 Å². The fraction of sp³-hybridized carbons (Fsp3) is 0.714. The first-order chi connectivity index (χ1) is 8.15. The lowest BCUT2D eigenvalue weighted by atomic mass is 10.0. The normalized spacial score (nSPS) is 16.9. The molecule has 1 heterocycles. The zero-order chi connectivity index (χ0) is 12.3. The number of hydrogen-bond donors (Lipinski definition) is 0. The van der Waals surface area contributed by atoms with E-state index in [9.17, 15) is 0 Å². The second kappa shape index (κ2) is 5.81. The number of aryl methyl sites for hydroxylation is 1. The summed E-state index contributed by atoms with van der Waals surface area (Å²) in [4.78, 5) is 9.02. The average molecular weight is 253 g/mol. The van der Waals surface area contributed by atoms with E-state index in [0.717, 1.165) is 18.7 Å². The summed E-state index contributed by atoms with van der Waals surface area (Å²) < 4.78 is 0. The molecular formula is C14H21ClN2. The van der Waals surface area contributed by atoms with E-state index in [1.165, 1.54) is 31.4 Å². The lowest BCUT2D eigenvalue weighted by Crippen LogP contribution is -2.04. The monoisotopic (exact) mass is 252 g/mol. The molecule has 0 bridgehead atoms. The molecule has 0 radical (unpaired) electrons. The van der Waals surface area contributed by atoms with Crippen molar-refractivity contribution in [2.75, 3.05) is 0 Å². The van der Waals surface area contributed by atoms with Crippen LogP contribution in [0.2, 0.25) is 5.15 Å². The van der Waals surface area contributed by atoms with Crippen LogP contribution in [-0.4, -0.2) is 9.97 Å². The van der Waals surface area contributed by atoms with Gasteiger partial charge in [-0.05, 0) is 31.2 Å². The summed E-state index contributed by atoms with van der Waals surface area (Å²) in [7, 11) is 0. The Kier molecular flexibility index (Phi) is 4.38. The smallest absolute Gasteiger partial charge is 0.133 e. The Morgan fingerprint density at radius 2 is 2.00 bits per heavy atom. The van der Waals surface area contributed by atoms with Crippen LogP contribution >= 0.6 is 11.6 Å². The van der Waals surface area contributed by atoms with E-state index in [4.69, 9.17) is 16.6 Å². The van der Waals surface area contributed by atoms with Gasteiger partial charge in [0.2, 0.25) is 0 Å². The summed E-state index contributed by atoms with van der Waals surface area (Å²) >= 11 is 6.09. The lowest BCUT2D eigenvalue weighted by molar-refractivity contribution is 0.570. The molecule has 1 aliphatic carbocycles.